The molecule has 1 heterocycles. The number of aryl methyl sites for hydroxylation is 2. The first kappa shape index (κ1) is 13.5. The van der Waals surface area contributed by atoms with Gasteiger partial charge in [0.25, 0.3) is 0 Å². The summed E-state index contributed by atoms with van der Waals surface area (Å²) in [5, 5.41) is 8.56. The van der Waals surface area contributed by atoms with Gasteiger partial charge >= 0.3 is 0 Å². The molecule has 1 aromatic rings. The summed E-state index contributed by atoms with van der Waals surface area (Å²) in [7, 11) is 0. The van der Waals surface area contributed by atoms with E-state index in [1.165, 1.54) is 0 Å². The van der Waals surface area contributed by atoms with Crippen molar-refractivity contribution in [3.63, 3.8) is 0 Å². The van der Waals surface area contributed by atoms with Gasteiger partial charge in [-0.05, 0) is 24.5 Å². The molecule has 5 nitrogen and oxygen atoms in total. The monoisotopic (exact) mass is 261 g/mol. The van der Waals surface area contributed by atoms with Crippen LogP contribution in [-0.4, -0.2) is 30.9 Å². The number of rotatable bonds is 3. The van der Waals surface area contributed by atoms with Gasteiger partial charge in [0.15, 0.2) is 0 Å². The average molecular weight is 261 g/mol. The molecule has 3 N–H and O–H groups in total. The van der Waals surface area contributed by atoms with Crippen molar-refractivity contribution in [3.8, 4) is 0 Å². The summed E-state index contributed by atoms with van der Waals surface area (Å²) >= 11 is 0. The van der Waals surface area contributed by atoms with E-state index in [1.54, 1.807) is 0 Å². The summed E-state index contributed by atoms with van der Waals surface area (Å²) in [6.07, 6.45) is 0.867. The number of anilines is 1. The highest BCUT2D eigenvalue weighted by molar-refractivity contribution is 5.97. The van der Waals surface area contributed by atoms with Crippen LogP contribution in [0.3, 0.4) is 0 Å². The number of para-hydroxylation sites is 1. The normalized spacial score (nSPS) is 18.8. The Morgan fingerprint density at radius 2 is 2.26 bits per heavy atom. The van der Waals surface area contributed by atoms with Crippen molar-refractivity contribution in [3.05, 3.63) is 29.3 Å². The van der Waals surface area contributed by atoms with E-state index in [2.05, 4.69) is 22.9 Å². The predicted octanol–water partition coefficient (Wildman–Crippen LogP) is 0.584. The molecule has 1 aliphatic heterocycles. The van der Waals surface area contributed by atoms with Gasteiger partial charge in [-0.2, -0.15) is 0 Å². The number of hydrogen-bond acceptors (Lipinski definition) is 3. The lowest BCUT2D eigenvalue weighted by molar-refractivity contribution is -0.124. The van der Waals surface area contributed by atoms with E-state index in [0.717, 1.165) is 23.2 Å². The molecule has 0 aromatic heterocycles. The van der Waals surface area contributed by atoms with Crippen LogP contribution in [0.2, 0.25) is 0 Å². The van der Waals surface area contributed by atoms with Crippen LogP contribution < -0.4 is 16.0 Å². The maximum atomic E-state index is 12.2. The minimum Gasteiger partial charge on any atom is -0.353 e. The quantitative estimate of drug-likeness (QED) is 0.745. The minimum atomic E-state index is -0.373. The van der Waals surface area contributed by atoms with Gasteiger partial charge in [-0.15, -0.1) is 0 Å². The molecule has 0 radical (unpaired) electrons. The SMILES string of the molecule is CCc1cccc(C)c1NC(=O)C1CNC(=O)CN1. The lowest BCUT2D eigenvalue weighted by Crippen LogP contribution is -2.56. The van der Waals surface area contributed by atoms with E-state index in [0.29, 0.717) is 6.54 Å². The lowest BCUT2D eigenvalue weighted by Gasteiger charge is -2.24. The van der Waals surface area contributed by atoms with Crippen LogP contribution in [0.4, 0.5) is 5.69 Å². The molecule has 0 spiro atoms. The van der Waals surface area contributed by atoms with Crippen LogP contribution in [0, 0.1) is 6.92 Å². The van der Waals surface area contributed by atoms with Gasteiger partial charge in [0.05, 0.1) is 6.54 Å². The zero-order chi connectivity index (χ0) is 13.8. The second-order valence-electron chi connectivity index (χ2n) is 4.69. The molecule has 0 bridgehead atoms. The first-order valence-electron chi connectivity index (χ1n) is 6.51. The highest BCUT2D eigenvalue weighted by Crippen LogP contribution is 2.21. The number of carbonyl (C=O) groups excluding carboxylic acids is 2. The Hall–Kier alpha value is -1.88. The van der Waals surface area contributed by atoms with Crippen LogP contribution in [0.5, 0.6) is 0 Å². The number of piperazine rings is 1. The molecule has 102 valence electrons. The van der Waals surface area contributed by atoms with Gasteiger partial charge < -0.3 is 10.6 Å². The second-order valence-corrected chi connectivity index (χ2v) is 4.69. The topological polar surface area (TPSA) is 70.2 Å². The first-order valence-corrected chi connectivity index (χ1v) is 6.51. The number of benzene rings is 1. The molecule has 2 rings (SSSR count). The third kappa shape index (κ3) is 3.12. The van der Waals surface area contributed by atoms with E-state index in [1.807, 2.05) is 25.1 Å². The molecule has 0 aliphatic carbocycles. The molecule has 0 saturated carbocycles. The van der Waals surface area contributed by atoms with Gasteiger partial charge in [0.1, 0.15) is 6.04 Å². The number of amides is 2. The Labute approximate surface area is 112 Å². The molecule has 2 amide bonds. The van der Waals surface area contributed by atoms with Crippen LogP contribution in [-0.2, 0) is 16.0 Å². The van der Waals surface area contributed by atoms with E-state index >= 15 is 0 Å². The molecule has 5 heteroatoms. The van der Waals surface area contributed by atoms with Gasteiger partial charge in [0, 0.05) is 12.2 Å². The minimum absolute atomic E-state index is 0.0748. The van der Waals surface area contributed by atoms with Crippen molar-refractivity contribution >= 4 is 17.5 Å². The summed E-state index contributed by atoms with van der Waals surface area (Å²) in [6, 6.07) is 5.61. The van der Waals surface area contributed by atoms with Crippen LogP contribution in [0.1, 0.15) is 18.1 Å². The van der Waals surface area contributed by atoms with Gasteiger partial charge in [-0.3, -0.25) is 14.9 Å². The standard InChI is InChI=1S/C14H19N3O2/c1-3-10-6-4-5-9(2)13(10)17-14(19)11-7-16-12(18)8-15-11/h4-6,11,15H,3,7-8H2,1-2H3,(H,16,18)(H,17,19). The van der Waals surface area contributed by atoms with Crippen LogP contribution in [0.25, 0.3) is 0 Å². The van der Waals surface area contributed by atoms with Gasteiger partial charge in [-0.25, -0.2) is 0 Å². The highest BCUT2D eigenvalue weighted by Gasteiger charge is 2.24. The highest BCUT2D eigenvalue weighted by atomic mass is 16.2. The molecule has 1 aliphatic rings. The van der Waals surface area contributed by atoms with E-state index < -0.39 is 0 Å². The summed E-state index contributed by atoms with van der Waals surface area (Å²) in [6.45, 7) is 4.55. The average Bonchev–Trinajstić information content (AvgIpc) is 2.41. The van der Waals surface area contributed by atoms with Gasteiger partial charge in [-0.1, -0.05) is 25.1 Å². The zero-order valence-corrected chi connectivity index (χ0v) is 11.2. The molecule has 1 atom stereocenters. The maximum Gasteiger partial charge on any atom is 0.243 e. The fourth-order valence-corrected chi connectivity index (χ4v) is 2.16. The summed E-state index contributed by atoms with van der Waals surface area (Å²) < 4.78 is 0. The van der Waals surface area contributed by atoms with Crippen molar-refractivity contribution in [1.82, 2.24) is 10.6 Å². The van der Waals surface area contributed by atoms with Crippen LogP contribution in [0.15, 0.2) is 18.2 Å². The third-order valence-corrected chi connectivity index (χ3v) is 3.32. The van der Waals surface area contributed by atoms with Crippen molar-refractivity contribution in [2.24, 2.45) is 0 Å². The Balaban J connectivity index is 2.08. The fraction of sp³-hybridized carbons (Fsp3) is 0.429. The molecule has 1 saturated heterocycles. The third-order valence-electron chi connectivity index (χ3n) is 3.32. The number of nitrogens with one attached hydrogen (secondary N) is 3. The Morgan fingerprint density at radius 3 is 2.89 bits per heavy atom. The Morgan fingerprint density at radius 1 is 1.47 bits per heavy atom. The Kier molecular flexibility index (Phi) is 4.16. The van der Waals surface area contributed by atoms with E-state index in [9.17, 15) is 9.59 Å². The maximum absolute atomic E-state index is 12.2. The Bertz CT molecular complexity index is 489. The smallest absolute Gasteiger partial charge is 0.243 e. The van der Waals surface area contributed by atoms with Crippen molar-refractivity contribution in [2.45, 2.75) is 26.3 Å². The van der Waals surface area contributed by atoms with Crippen LogP contribution >= 0.6 is 0 Å². The zero-order valence-electron chi connectivity index (χ0n) is 11.2. The molecular formula is C14H19N3O2. The van der Waals surface area contributed by atoms with E-state index in [4.69, 9.17) is 0 Å². The summed E-state index contributed by atoms with van der Waals surface area (Å²) in [5.41, 5.74) is 3.05. The molecular weight excluding hydrogens is 242 g/mol. The van der Waals surface area contributed by atoms with Crippen molar-refractivity contribution < 1.29 is 9.59 Å². The lowest BCUT2D eigenvalue weighted by atomic mass is 10.1. The van der Waals surface area contributed by atoms with E-state index in [-0.39, 0.29) is 24.4 Å². The van der Waals surface area contributed by atoms with Crippen molar-refractivity contribution in [1.29, 1.82) is 0 Å². The fourth-order valence-electron chi connectivity index (χ4n) is 2.16. The first-order chi connectivity index (χ1) is 9.11. The predicted molar refractivity (Wildman–Crippen MR) is 74.0 cm³/mol. The molecule has 1 aromatic carbocycles. The largest absolute Gasteiger partial charge is 0.353 e. The molecule has 1 fully saturated rings. The van der Waals surface area contributed by atoms with Crippen molar-refractivity contribution in [2.75, 3.05) is 18.4 Å². The summed E-state index contributed by atoms with van der Waals surface area (Å²) in [5.74, 6) is -0.182. The molecule has 19 heavy (non-hydrogen) atoms. The number of carbonyl (C=O) groups is 2. The number of hydrogen-bond donors (Lipinski definition) is 3. The van der Waals surface area contributed by atoms with Gasteiger partial charge in [0.2, 0.25) is 11.8 Å². The summed E-state index contributed by atoms with van der Waals surface area (Å²) in [4.78, 5) is 23.2. The molecule has 1 unspecified atom stereocenters. The second kappa shape index (κ2) is 5.84.